The number of hydrogen-bond donors (Lipinski definition) is 3. The van der Waals surface area contributed by atoms with E-state index in [0.29, 0.717) is 59.9 Å². The third-order valence-corrected chi connectivity index (χ3v) is 7.80. The molecule has 1 saturated heterocycles. The van der Waals surface area contributed by atoms with E-state index in [4.69, 9.17) is 22.1 Å². The number of nitrogens with one attached hydrogen (secondary N) is 2. The molecule has 1 aliphatic heterocycles. The Morgan fingerprint density at radius 3 is 2.49 bits per heavy atom. The van der Waals surface area contributed by atoms with Crippen molar-refractivity contribution in [1.82, 2.24) is 9.97 Å². The summed E-state index contributed by atoms with van der Waals surface area (Å²) in [5.74, 6) is 0.509. The number of primary amides is 1. The van der Waals surface area contributed by atoms with Crippen LogP contribution in [0.15, 0.2) is 42.6 Å². The summed E-state index contributed by atoms with van der Waals surface area (Å²) in [6.07, 6.45) is 2.24. The van der Waals surface area contributed by atoms with Gasteiger partial charge in [-0.2, -0.15) is 4.98 Å². The average Bonchev–Trinajstić information content (AvgIpc) is 2.86. The molecule has 37 heavy (non-hydrogen) atoms. The molecule has 0 bridgehead atoms. The number of para-hydroxylation sites is 1. The lowest BCUT2D eigenvalue weighted by atomic mass is 10.0. The number of piperidine rings is 1. The van der Waals surface area contributed by atoms with E-state index in [1.165, 1.54) is 13.3 Å². The first-order chi connectivity index (χ1) is 17.6. The molecule has 0 atom stereocenters. The number of nitrogens with two attached hydrogens (primary N) is 1. The Hall–Kier alpha value is -3.62. The van der Waals surface area contributed by atoms with Gasteiger partial charge >= 0.3 is 0 Å². The van der Waals surface area contributed by atoms with Gasteiger partial charge in [-0.15, -0.1) is 0 Å². The molecule has 0 spiro atoms. The van der Waals surface area contributed by atoms with Crippen LogP contribution in [-0.2, 0) is 9.36 Å². The third-order valence-electron chi connectivity index (χ3n) is 5.97. The fraction of sp³-hybridized carbons (Fsp3) is 0.280. The van der Waals surface area contributed by atoms with E-state index in [9.17, 15) is 14.2 Å². The van der Waals surface area contributed by atoms with Crippen LogP contribution in [0.3, 0.4) is 0 Å². The molecule has 1 amide bonds. The fourth-order valence-corrected chi connectivity index (χ4v) is 5.40. The van der Waals surface area contributed by atoms with Crippen LogP contribution in [0.25, 0.3) is 0 Å². The number of carbonyl (C=O) groups is 2. The highest BCUT2D eigenvalue weighted by Gasteiger charge is 2.24. The lowest BCUT2D eigenvalue weighted by molar-refractivity contribution is -0.119. The van der Waals surface area contributed by atoms with Crippen LogP contribution in [-0.4, -0.2) is 55.2 Å². The minimum absolute atomic E-state index is 0.186. The Bertz CT molecular complexity index is 1400. The Labute approximate surface area is 219 Å². The zero-order valence-electron chi connectivity index (χ0n) is 20.7. The average molecular weight is 543 g/mol. The summed E-state index contributed by atoms with van der Waals surface area (Å²) in [5, 5.41) is 7.16. The van der Waals surface area contributed by atoms with E-state index in [1.54, 1.807) is 37.6 Å². The lowest BCUT2D eigenvalue weighted by Crippen LogP contribution is -2.35. The molecular formula is C25H28ClN6O4P. The van der Waals surface area contributed by atoms with Crippen LogP contribution in [0.5, 0.6) is 5.75 Å². The molecule has 12 heteroatoms. The van der Waals surface area contributed by atoms with E-state index >= 15 is 0 Å². The minimum atomic E-state index is -2.57. The highest BCUT2D eigenvalue weighted by Crippen LogP contribution is 2.39. The molecule has 4 rings (SSSR count). The largest absolute Gasteiger partial charge is 0.494 e. The Kier molecular flexibility index (Phi) is 7.71. The number of aromatic nitrogens is 2. The summed E-state index contributed by atoms with van der Waals surface area (Å²) in [7, 11) is -1.06. The molecule has 194 valence electrons. The van der Waals surface area contributed by atoms with Crippen molar-refractivity contribution in [3.8, 4) is 5.75 Å². The van der Waals surface area contributed by atoms with Gasteiger partial charge in [-0.05, 0) is 31.5 Å². The van der Waals surface area contributed by atoms with E-state index in [-0.39, 0.29) is 22.3 Å². The highest BCUT2D eigenvalue weighted by atomic mass is 35.5. The number of ether oxygens (including phenoxy) is 1. The van der Waals surface area contributed by atoms with Gasteiger partial charge in [0.1, 0.15) is 23.7 Å². The minimum Gasteiger partial charge on any atom is -0.494 e. The van der Waals surface area contributed by atoms with Crippen molar-refractivity contribution in [2.45, 2.75) is 12.8 Å². The normalized spacial score (nSPS) is 13.8. The predicted molar refractivity (Wildman–Crippen MR) is 147 cm³/mol. The molecule has 0 saturated carbocycles. The number of ketones is 1. The van der Waals surface area contributed by atoms with Gasteiger partial charge in [0.25, 0.3) is 5.91 Å². The van der Waals surface area contributed by atoms with Crippen molar-refractivity contribution in [2.75, 3.05) is 49.1 Å². The summed E-state index contributed by atoms with van der Waals surface area (Å²) < 4.78 is 18.3. The smallest absolute Gasteiger partial charge is 0.250 e. The van der Waals surface area contributed by atoms with Gasteiger partial charge in [0, 0.05) is 37.3 Å². The number of carbonyl (C=O) groups excluding carboxylic acids is 2. The van der Waals surface area contributed by atoms with E-state index in [1.807, 2.05) is 17.0 Å². The molecule has 1 aromatic heterocycles. The molecule has 0 aliphatic carbocycles. The Balaban J connectivity index is 1.67. The number of benzene rings is 2. The van der Waals surface area contributed by atoms with Gasteiger partial charge in [-0.25, -0.2) is 4.98 Å². The number of halogens is 1. The summed E-state index contributed by atoms with van der Waals surface area (Å²) >= 11 is 6.36. The molecule has 1 aliphatic rings. The Morgan fingerprint density at radius 2 is 1.84 bits per heavy atom. The number of Topliss-reactive ketones (excluding diaryl/α,β-unsaturated/α-hetero) is 1. The second kappa shape index (κ2) is 10.8. The van der Waals surface area contributed by atoms with Gasteiger partial charge < -0.3 is 30.6 Å². The summed E-state index contributed by atoms with van der Waals surface area (Å²) in [6, 6.07) is 10.5. The molecule has 2 heterocycles. The first-order valence-corrected chi connectivity index (χ1v) is 14.5. The van der Waals surface area contributed by atoms with Gasteiger partial charge in [0.2, 0.25) is 5.95 Å². The molecule has 1 fully saturated rings. The number of hydrogen-bond acceptors (Lipinski definition) is 9. The molecular weight excluding hydrogens is 515 g/mol. The van der Waals surface area contributed by atoms with Crippen molar-refractivity contribution in [3.63, 3.8) is 0 Å². The molecule has 3 aromatic rings. The molecule has 0 unspecified atom stereocenters. The maximum Gasteiger partial charge on any atom is 0.250 e. The fourth-order valence-electron chi connectivity index (χ4n) is 4.10. The molecule has 4 N–H and O–H groups in total. The molecule has 0 radical (unpaired) electrons. The second-order valence-electron chi connectivity index (χ2n) is 8.97. The van der Waals surface area contributed by atoms with Crippen LogP contribution >= 0.6 is 18.7 Å². The van der Waals surface area contributed by atoms with Crippen LogP contribution < -0.4 is 31.3 Å². The van der Waals surface area contributed by atoms with Crippen molar-refractivity contribution >= 4 is 64.6 Å². The monoisotopic (exact) mass is 542 g/mol. The Morgan fingerprint density at radius 1 is 1.14 bits per heavy atom. The standard InChI is InChI=1S/C25H28ClN6O4P/c1-36-21-13-20(32-10-8-15(33)9-11-32)16(23(27)34)12-19(21)30-25-28-14-17(26)24(31-25)29-18-6-4-5-7-22(18)37(2,3)35/h4-7,12-14H,8-11H2,1-3H3,(H2,27,34)(H2,28,29,30,31). The predicted octanol–water partition coefficient (Wildman–Crippen LogP) is 4.14. The SMILES string of the molecule is COc1cc(N2CCC(=O)CC2)c(C(N)=O)cc1Nc1ncc(Cl)c(Nc2ccccc2P(C)(C)=O)n1. The van der Waals surface area contributed by atoms with Crippen molar-refractivity contribution in [1.29, 1.82) is 0 Å². The summed E-state index contributed by atoms with van der Waals surface area (Å²) in [4.78, 5) is 34.7. The van der Waals surface area contributed by atoms with E-state index < -0.39 is 13.0 Å². The maximum atomic E-state index is 12.7. The van der Waals surface area contributed by atoms with E-state index in [2.05, 4.69) is 20.6 Å². The second-order valence-corrected chi connectivity index (χ2v) is 12.6. The van der Waals surface area contributed by atoms with Gasteiger partial charge in [-0.1, -0.05) is 23.7 Å². The van der Waals surface area contributed by atoms with Crippen molar-refractivity contribution < 1.29 is 18.9 Å². The van der Waals surface area contributed by atoms with E-state index in [0.717, 1.165) is 0 Å². The zero-order chi connectivity index (χ0) is 26.7. The number of amides is 1. The first-order valence-electron chi connectivity index (χ1n) is 11.6. The van der Waals surface area contributed by atoms with Crippen LogP contribution in [0.2, 0.25) is 5.02 Å². The van der Waals surface area contributed by atoms with Crippen LogP contribution in [0.4, 0.5) is 28.8 Å². The molecule has 10 nitrogen and oxygen atoms in total. The number of rotatable bonds is 8. The summed E-state index contributed by atoms with van der Waals surface area (Å²) in [6.45, 7) is 4.37. The maximum absolute atomic E-state index is 12.7. The van der Waals surface area contributed by atoms with Gasteiger partial charge in [-0.3, -0.25) is 9.59 Å². The van der Waals surface area contributed by atoms with Crippen molar-refractivity contribution in [2.24, 2.45) is 5.73 Å². The number of nitrogens with zero attached hydrogens (tertiary/aromatic N) is 3. The van der Waals surface area contributed by atoms with Crippen molar-refractivity contribution in [3.05, 3.63) is 53.2 Å². The topological polar surface area (TPSA) is 140 Å². The van der Waals surface area contributed by atoms with Gasteiger partial charge in [0.15, 0.2) is 5.82 Å². The first kappa shape index (κ1) is 26.4. The lowest BCUT2D eigenvalue weighted by Gasteiger charge is -2.30. The third kappa shape index (κ3) is 6.03. The zero-order valence-corrected chi connectivity index (χ0v) is 22.4. The van der Waals surface area contributed by atoms with Crippen LogP contribution in [0.1, 0.15) is 23.2 Å². The molecule has 2 aromatic carbocycles. The number of methoxy groups -OCH3 is 1. The quantitative estimate of drug-likeness (QED) is 0.358. The van der Waals surface area contributed by atoms with Gasteiger partial charge in [0.05, 0.1) is 35.9 Å². The highest BCUT2D eigenvalue weighted by molar-refractivity contribution is 7.70. The number of anilines is 5. The summed E-state index contributed by atoms with van der Waals surface area (Å²) in [5.41, 5.74) is 7.63. The van der Waals surface area contributed by atoms with Crippen LogP contribution in [0, 0.1) is 0 Å².